The van der Waals surface area contributed by atoms with Crippen molar-refractivity contribution in [2.75, 3.05) is 0 Å². The second-order valence-electron chi connectivity index (χ2n) is 2.34. The van der Waals surface area contributed by atoms with Crippen LogP contribution >= 0.6 is 31.9 Å². The van der Waals surface area contributed by atoms with Crippen LogP contribution in [0.1, 0.15) is 11.1 Å². The molecule has 60 valence electrons. The highest BCUT2D eigenvalue weighted by Gasteiger charge is 2.03. The molecule has 0 spiro atoms. The lowest BCUT2D eigenvalue weighted by atomic mass is 10.1. The molecule has 0 atom stereocenters. The van der Waals surface area contributed by atoms with Gasteiger partial charge in [0.25, 0.3) is 0 Å². The minimum absolute atomic E-state index is 0.575. The summed E-state index contributed by atoms with van der Waals surface area (Å²) in [6, 6.07) is 4.01. The summed E-state index contributed by atoms with van der Waals surface area (Å²) in [7, 11) is 0. The Morgan fingerprint density at radius 3 is 2.27 bits per heavy atom. The molecule has 0 saturated heterocycles. The van der Waals surface area contributed by atoms with Crippen LogP contribution in [0.5, 0.6) is 0 Å². The fourth-order valence-corrected chi connectivity index (χ4v) is 1.91. The molecule has 3 heteroatoms. The minimum atomic E-state index is 0.575. The summed E-state index contributed by atoms with van der Waals surface area (Å²) in [5, 5.41) is 0. The van der Waals surface area contributed by atoms with Crippen molar-refractivity contribution in [1.82, 2.24) is 0 Å². The average Bonchev–Trinajstić information content (AvgIpc) is 1.99. The molecular weight excluding hydrogens is 270 g/mol. The first-order valence-electron chi connectivity index (χ1n) is 3.30. The summed E-state index contributed by atoms with van der Waals surface area (Å²) in [5.41, 5.74) is 7.95. The van der Waals surface area contributed by atoms with Gasteiger partial charge in [-0.2, -0.15) is 0 Å². The van der Waals surface area contributed by atoms with Crippen molar-refractivity contribution in [3.63, 3.8) is 0 Å². The molecule has 0 heterocycles. The highest BCUT2D eigenvalue weighted by molar-refractivity contribution is 9.11. The van der Waals surface area contributed by atoms with E-state index in [1.54, 1.807) is 0 Å². The summed E-state index contributed by atoms with van der Waals surface area (Å²) >= 11 is 6.89. The van der Waals surface area contributed by atoms with E-state index in [0.717, 1.165) is 8.95 Å². The Morgan fingerprint density at radius 2 is 1.82 bits per heavy atom. The quantitative estimate of drug-likeness (QED) is 0.840. The van der Waals surface area contributed by atoms with Gasteiger partial charge in [-0.05, 0) is 30.2 Å². The smallest absolute Gasteiger partial charge is 0.0223 e. The Hall–Kier alpha value is 0.140. The molecule has 0 aliphatic carbocycles. The van der Waals surface area contributed by atoms with Gasteiger partial charge in [0.15, 0.2) is 0 Å². The molecule has 0 amide bonds. The Labute approximate surface area is 83.2 Å². The molecule has 1 aromatic carbocycles. The van der Waals surface area contributed by atoms with Crippen molar-refractivity contribution in [3.8, 4) is 0 Å². The van der Waals surface area contributed by atoms with Gasteiger partial charge in [-0.3, -0.25) is 0 Å². The van der Waals surface area contributed by atoms with E-state index < -0.39 is 0 Å². The summed E-state index contributed by atoms with van der Waals surface area (Å²) in [6.07, 6.45) is 0. The molecule has 1 rings (SSSR count). The van der Waals surface area contributed by atoms with E-state index in [2.05, 4.69) is 38.8 Å². The number of hydrogen-bond acceptors (Lipinski definition) is 1. The second kappa shape index (κ2) is 3.70. The molecule has 11 heavy (non-hydrogen) atoms. The monoisotopic (exact) mass is 277 g/mol. The van der Waals surface area contributed by atoms with Gasteiger partial charge in [0, 0.05) is 15.5 Å². The van der Waals surface area contributed by atoms with Crippen LogP contribution < -0.4 is 5.73 Å². The molecule has 1 nitrogen and oxygen atoms in total. The van der Waals surface area contributed by atoms with Gasteiger partial charge >= 0.3 is 0 Å². The average molecular weight is 279 g/mol. The maximum atomic E-state index is 5.57. The van der Waals surface area contributed by atoms with E-state index in [-0.39, 0.29) is 0 Å². The van der Waals surface area contributed by atoms with E-state index in [9.17, 15) is 0 Å². The Morgan fingerprint density at radius 1 is 1.27 bits per heavy atom. The lowest BCUT2D eigenvalue weighted by molar-refractivity contribution is 1.03. The van der Waals surface area contributed by atoms with Gasteiger partial charge in [-0.25, -0.2) is 0 Å². The van der Waals surface area contributed by atoms with Gasteiger partial charge in [0.1, 0.15) is 0 Å². The van der Waals surface area contributed by atoms with Crippen LogP contribution in [-0.4, -0.2) is 0 Å². The number of halogens is 2. The molecule has 0 aliphatic heterocycles. The highest BCUT2D eigenvalue weighted by atomic mass is 79.9. The fourth-order valence-electron chi connectivity index (χ4n) is 0.946. The topological polar surface area (TPSA) is 26.0 Å². The van der Waals surface area contributed by atoms with Crippen molar-refractivity contribution >= 4 is 31.9 Å². The third-order valence-electron chi connectivity index (χ3n) is 1.68. The Kier molecular flexibility index (Phi) is 3.10. The van der Waals surface area contributed by atoms with E-state index in [4.69, 9.17) is 5.73 Å². The predicted molar refractivity (Wildman–Crippen MR) is 54.5 cm³/mol. The summed E-state index contributed by atoms with van der Waals surface area (Å²) < 4.78 is 2.20. The lowest BCUT2D eigenvalue weighted by Crippen LogP contribution is -2.00. The summed E-state index contributed by atoms with van der Waals surface area (Å²) in [6.45, 7) is 2.63. The lowest BCUT2D eigenvalue weighted by Gasteiger charge is -2.06. The van der Waals surface area contributed by atoms with Crippen LogP contribution in [-0.2, 0) is 6.54 Å². The Bertz CT molecular complexity index is 271. The summed E-state index contributed by atoms with van der Waals surface area (Å²) in [5.74, 6) is 0. The molecule has 0 saturated carbocycles. The molecule has 1 aromatic rings. The van der Waals surface area contributed by atoms with Crippen molar-refractivity contribution in [1.29, 1.82) is 0 Å². The van der Waals surface area contributed by atoms with Crippen LogP contribution in [0.15, 0.2) is 21.1 Å². The molecule has 2 N–H and O–H groups in total. The number of hydrogen-bond donors (Lipinski definition) is 1. The molecule has 0 bridgehead atoms. The zero-order valence-electron chi connectivity index (χ0n) is 6.20. The largest absolute Gasteiger partial charge is 0.326 e. The molecule has 0 radical (unpaired) electrons. The first kappa shape index (κ1) is 9.23. The zero-order valence-corrected chi connectivity index (χ0v) is 9.37. The van der Waals surface area contributed by atoms with E-state index in [0.29, 0.717) is 6.54 Å². The van der Waals surface area contributed by atoms with Crippen molar-refractivity contribution < 1.29 is 0 Å². The molecule has 0 aliphatic rings. The maximum absolute atomic E-state index is 5.57. The number of benzene rings is 1. The van der Waals surface area contributed by atoms with Crippen LogP contribution in [0.2, 0.25) is 0 Å². The zero-order chi connectivity index (χ0) is 8.43. The standard InChI is InChI=1S/C8H9Br2N/c1-5-6(4-11)8(10)3-2-7(5)9/h2-3H,4,11H2,1H3. The van der Waals surface area contributed by atoms with Gasteiger partial charge in [-0.15, -0.1) is 0 Å². The van der Waals surface area contributed by atoms with Gasteiger partial charge in [0.05, 0.1) is 0 Å². The Balaban J connectivity index is 3.29. The normalized spacial score (nSPS) is 10.2. The van der Waals surface area contributed by atoms with Crippen molar-refractivity contribution in [2.24, 2.45) is 5.73 Å². The van der Waals surface area contributed by atoms with Crippen LogP contribution in [0.4, 0.5) is 0 Å². The van der Waals surface area contributed by atoms with Gasteiger partial charge < -0.3 is 5.73 Å². The molecular formula is C8H9Br2N. The first-order chi connectivity index (χ1) is 5.16. The number of rotatable bonds is 1. The van der Waals surface area contributed by atoms with Crippen LogP contribution in [0.25, 0.3) is 0 Å². The summed E-state index contributed by atoms with van der Waals surface area (Å²) in [4.78, 5) is 0. The fraction of sp³-hybridized carbons (Fsp3) is 0.250. The van der Waals surface area contributed by atoms with Crippen LogP contribution in [0, 0.1) is 6.92 Å². The third kappa shape index (κ3) is 1.83. The van der Waals surface area contributed by atoms with E-state index in [1.807, 2.05) is 12.1 Å². The van der Waals surface area contributed by atoms with Gasteiger partial charge in [-0.1, -0.05) is 31.9 Å². The predicted octanol–water partition coefficient (Wildman–Crippen LogP) is 2.98. The van der Waals surface area contributed by atoms with E-state index in [1.165, 1.54) is 11.1 Å². The van der Waals surface area contributed by atoms with Crippen molar-refractivity contribution in [2.45, 2.75) is 13.5 Å². The first-order valence-corrected chi connectivity index (χ1v) is 4.89. The SMILES string of the molecule is Cc1c(Br)ccc(Br)c1CN. The molecule has 0 aromatic heterocycles. The van der Waals surface area contributed by atoms with Crippen LogP contribution in [0.3, 0.4) is 0 Å². The molecule has 0 fully saturated rings. The third-order valence-corrected chi connectivity index (χ3v) is 3.28. The maximum Gasteiger partial charge on any atom is 0.0223 e. The minimum Gasteiger partial charge on any atom is -0.326 e. The highest BCUT2D eigenvalue weighted by Crippen LogP contribution is 2.26. The number of nitrogens with two attached hydrogens (primary N) is 1. The van der Waals surface area contributed by atoms with E-state index >= 15 is 0 Å². The van der Waals surface area contributed by atoms with Crippen molar-refractivity contribution in [3.05, 3.63) is 32.2 Å². The van der Waals surface area contributed by atoms with Gasteiger partial charge in [0.2, 0.25) is 0 Å². The molecule has 0 unspecified atom stereocenters. The second-order valence-corrected chi connectivity index (χ2v) is 4.05.